The molecular weight excluding hydrogens is 448 g/mol. The molecule has 0 amide bonds. The molecule has 0 bridgehead atoms. The van der Waals surface area contributed by atoms with E-state index in [-0.39, 0.29) is 12.1 Å². The third-order valence-corrected chi connectivity index (χ3v) is 6.42. The summed E-state index contributed by atoms with van der Waals surface area (Å²) in [5.41, 5.74) is 1.58. The second-order valence-electron chi connectivity index (χ2n) is 9.63. The van der Waals surface area contributed by atoms with Gasteiger partial charge in [0.15, 0.2) is 0 Å². The first kappa shape index (κ1) is 27.6. The van der Waals surface area contributed by atoms with Gasteiger partial charge in [-0.15, -0.1) is 0 Å². The molecule has 3 aromatic rings. The van der Waals surface area contributed by atoms with Gasteiger partial charge in [0.25, 0.3) is 0 Å². The van der Waals surface area contributed by atoms with Gasteiger partial charge in [0, 0.05) is 0 Å². The molecule has 36 heavy (non-hydrogen) atoms. The molecule has 3 rings (SSSR count). The molecule has 0 fully saturated rings. The highest BCUT2D eigenvalue weighted by Crippen LogP contribution is 2.26. The van der Waals surface area contributed by atoms with E-state index < -0.39 is 0 Å². The fourth-order valence-corrected chi connectivity index (χ4v) is 4.17. The Hall–Kier alpha value is -3.01. The standard InChI is InChI=1S/C32H42O4/c1-4-6-8-10-12-25(3)36-32(33)27-15-13-26(14-16-27)24-35-31-20-18-28-22-30(19-17-29(28)23-31)34-21-11-9-7-5-2/h13-20,22-23,25H,4-12,21,24H2,1-3H3/t25-/m1/s1. The van der Waals surface area contributed by atoms with Gasteiger partial charge in [0.05, 0.1) is 18.3 Å². The van der Waals surface area contributed by atoms with E-state index in [2.05, 4.69) is 32.0 Å². The van der Waals surface area contributed by atoms with Crippen LogP contribution in [0.1, 0.15) is 94.5 Å². The molecule has 0 unspecified atom stereocenters. The summed E-state index contributed by atoms with van der Waals surface area (Å²) in [6.45, 7) is 7.59. The van der Waals surface area contributed by atoms with Crippen molar-refractivity contribution in [3.63, 3.8) is 0 Å². The van der Waals surface area contributed by atoms with Gasteiger partial charge in [-0.3, -0.25) is 0 Å². The molecule has 0 N–H and O–H groups in total. The number of fused-ring (bicyclic) bond motifs is 1. The summed E-state index contributed by atoms with van der Waals surface area (Å²) in [6, 6.07) is 19.8. The summed E-state index contributed by atoms with van der Waals surface area (Å²) in [4.78, 5) is 12.4. The Morgan fingerprint density at radius 1 is 0.722 bits per heavy atom. The Balaban J connectivity index is 1.46. The van der Waals surface area contributed by atoms with Crippen LogP contribution < -0.4 is 9.47 Å². The molecular formula is C32H42O4. The maximum atomic E-state index is 12.4. The molecule has 0 spiro atoms. The van der Waals surface area contributed by atoms with Gasteiger partial charge in [-0.05, 0) is 78.9 Å². The number of hydrogen-bond donors (Lipinski definition) is 0. The van der Waals surface area contributed by atoms with Crippen LogP contribution in [-0.2, 0) is 11.3 Å². The number of unbranched alkanes of at least 4 members (excludes halogenated alkanes) is 6. The van der Waals surface area contributed by atoms with Gasteiger partial charge < -0.3 is 14.2 Å². The van der Waals surface area contributed by atoms with E-state index in [0.29, 0.717) is 12.2 Å². The first-order valence-electron chi connectivity index (χ1n) is 13.7. The van der Waals surface area contributed by atoms with Crippen molar-refractivity contribution in [2.75, 3.05) is 6.61 Å². The molecule has 0 aliphatic carbocycles. The highest BCUT2D eigenvalue weighted by atomic mass is 16.5. The second-order valence-corrected chi connectivity index (χ2v) is 9.63. The SMILES string of the molecule is CCCCCCOc1ccc2cc(OCc3ccc(C(=O)O[C@H](C)CCCCCC)cc3)ccc2c1. The van der Waals surface area contributed by atoms with E-state index in [9.17, 15) is 4.79 Å². The van der Waals surface area contributed by atoms with Gasteiger partial charge >= 0.3 is 5.97 Å². The monoisotopic (exact) mass is 490 g/mol. The molecule has 0 heterocycles. The number of rotatable bonds is 16. The summed E-state index contributed by atoms with van der Waals surface area (Å²) in [5, 5.41) is 2.25. The number of ether oxygens (including phenoxy) is 3. The highest BCUT2D eigenvalue weighted by Gasteiger charge is 2.12. The van der Waals surface area contributed by atoms with E-state index >= 15 is 0 Å². The largest absolute Gasteiger partial charge is 0.494 e. The normalized spacial score (nSPS) is 11.9. The molecule has 0 aliphatic rings. The van der Waals surface area contributed by atoms with Gasteiger partial charge in [-0.2, -0.15) is 0 Å². The fraction of sp³-hybridized carbons (Fsp3) is 0.469. The fourth-order valence-electron chi connectivity index (χ4n) is 4.17. The minimum atomic E-state index is -0.260. The van der Waals surface area contributed by atoms with Gasteiger partial charge in [-0.1, -0.05) is 76.6 Å². The Bertz CT molecular complexity index is 1060. The predicted octanol–water partition coefficient (Wildman–Crippen LogP) is 8.89. The predicted molar refractivity (Wildman–Crippen MR) is 148 cm³/mol. The average Bonchev–Trinajstić information content (AvgIpc) is 2.90. The van der Waals surface area contributed by atoms with Gasteiger partial charge in [0.1, 0.15) is 18.1 Å². The summed E-state index contributed by atoms with van der Waals surface area (Å²) in [7, 11) is 0. The van der Waals surface area contributed by atoms with Gasteiger partial charge in [-0.25, -0.2) is 4.79 Å². The van der Waals surface area contributed by atoms with Crippen molar-refractivity contribution >= 4 is 16.7 Å². The Labute approximate surface area is 217 Å². The average molecular weight is 491 g/mol. The summed E-state index contributed by atoms with van der Waals surface area (Å²) >= 11 is 0. The van der Waals surface area contributed by atoms with Crippen LogP contribution in [0.3, 0.4) is 0 Å². The van der Waals surface area contributed by atoms with E-state index in [1.54, 1.807) is 0 Å². The van der Waals surface area contributed by atoms with Crippen LogP contribution in [-0.4, -0.2) is 18.7 Å². The quantitative estimate of drug-likeness (QED) is 0.148. The lowest BCUT2D eigenvalue weighted by molar-refractivity contribution is 0.0319. The van der Waals surface area contributed by atoms with Crippen LogP contribution in [0.15, 0.2) is 60.7 Å². The molecule has 1 atom stereocenters. The third-order valence-electron chi connectivity index (χ3n) is 6.42. The summed E-state index contributed by atoms with van der Waals surface area (Å²) in [6.07, 6.45) is 10.4. The van der Waals surface area contributed by atoms with Crippen LogP contribution in [0.25, 0.3) is 10.8 Å². The number of hydrogen-bond acceptors (Lipinski definition) is 4. The molecule has 4 heteroatoms. The maximum Gasteiger partial charge on any atom is 0.338 e. The third kappa shape index (κ3) is 9.22. The number of esters is 1. The van der Waals surface area contributed by atoms with Crippen molar-refractivity contribution in [2.24, 2.45) is 0 Å². The lowest BCUT2D eigenvalue weighted by Gasteiger charge is -2.13. The van der Waals surface area contributed by atoms with Crippen LogP contribution in [0.2, 0.25) is 0 Å². The topological polar surface area (TPSA) is 44.8 Å². The highest BCUT2D eigenvalue weighted by molar-refractivity contribution is 5.89. The van der Waals surface area contributed by atoms with Crippen LogP contribution in [0.4, 0.5) is 0 Å². The van der Waals surface area contributed by atoms with E-state index in [0.717, 1.165) is 53.7 Å². The first-order chi connectivity index (χ1) is 17.6. The summed E-state index contributed by atoms with van der Waals surface area (Å²) < 4.78 is 17.5. The van der Waals surface area contributed by atoms with E-state index in [4.69, 9.17) is 14.2 Å². The number of carbonyl (C=O) groups excluding carboxylic acids is 1. The zero-order valence-electron chi connectivity index (χ0n) is 22.3. The van der Waals surface area contributed by atoms with Crippen molar-refractivity contribution in [1.29, 1.82) is 0 Å². The molecule has 0 saturated carbocycles. The molecule has 0 aromatic heterocycles. The van der Waals surface area contributed by atoms with Crippen LogP contribution in [0, 0.1) is 0 Å². The summed E-state index contributed by atoms with van der Waals surface area (Å²) in [5.74, 6) is 1.47. The van der Waals surface area contributed by atoms with Crippen molar-refractivity contribution in [2.45, 2.75) is 91.3 Å². The zero-order chi connectivity index (χ0) is 25.6. The molecule has 194 valence electrons. The zero-order valence-corrected chi connectivity index (χ0v) is 22.3. The minimum absolute atomic E-state index is 0.0568. The molecule has 0 aliphatic heterocycles. The number of carbonyl (C=O) groups is 1. The lowest BCUT2D eigenvalue weighted by atomic mass is 10.1. The lowest BCUT2D eigenvalue weighted by Crippen LogP contribution is -2.15. The van der Waals surface area contributed by atoms with Crippen molar-refractivity contribution in [3.8, 4) is 11.5 Å². The van der Waals surface area contributed by atoms with Crippen LogP contribution in [0.5, 0.6) is 11.5 Å². The maximum absolute atomic E-state index is 12.4. The minimum Gasteiger partial charge on any atom is -0.494 e. The Kier molecular flexibility index (Phi) is 11.6. The molecule has 0 saturated heterocycles. The molecule has 4 nitrogen and oxygen atoms in total. The Morgan fingerprint density at radius 3 is 1.97 bits per heavy atom. The van der Waals surface area contributed by atoms with E-state index in [1.807, 2.05) is 49.4 Å². The smallest absolute Gasteiger partial charge is 0.338 e. The van der Waals surface area contributed by atoms with Crippen molar-refractivity contribution < 1.29 is 19.0 Å². The second kappa shape index (κ2) is 15.2. The Morgan fingerprint density at radius 2 is 1.33 bits per heavy atom. The van der Waals surface area contributed by atoms with Gasteiger partial charge in [0.2, 0.25) is 0 Å². The van der Waals surface area contributed by atoms with Crippen molar-refractivity contribution in [1.82, 2.24) is 0 Å². The first-order valence-corrected chi connectivity index (χ1v) is 13.7. The number of benzene rings is 3. The van der Waals surface area contributed by atoms with E-state index in [1.165, 1.54) is 38.5 Å². The van der Waals surface area contributed by atoms with Crippen molar-refractivity contribution in [3.05, 3.63) is 71.8 Å². The molecule has 0 radical (unpaired) electrons. The molecule has 3 aromatic carbocycles. The van der Waals surface area contributed by atoms with Crippen LogP contribution >= 0.6 is 0 Å².